The summed E-state index contributed by atoms with van der Waals surface area (Å²) in [4.78, 5) is 2.51. The first-order valence-electron chi connectivity index (χ1n) is 5.62. The van der Waals surface area contributed by atoms with Crippen molar-refractivity contribution in [3.8, 4) is 0 Å². The zero-order valence-corrected chi connectivity index (χ0v) is 9.51. The summed E-state index contributed by atoms with van der Waals surface area (Å²) in [5.41, 5.74) is 0. The Bertz CT molecular complexity index is 145. The third-order valence-electron chi connectivity index (χ3n) is 3.28. The van der Waals surface area contributed by atoms with Gasteiger partial charge in [-0.1, -0.05) is 13.3 Å². The summed E-state index contributed by atoms with van der Waals surface area (Å²) >= 11 is 0. The van der Waals surface area contributed by atoms with Gasteiger partial charge in [-0.3, -0.25) is 4.90 Å². The molecule has 1 saturated carbocycles. The Morgan fingerprint density at radius 2 is 2.08 bits per heavy atom. The molecule has 2 atom stereocenters. The number of nitrogens with zero attached hydrogens (tertiary/aromatic N) is 1. The van der Waals surface area contributed by atoms with Crippen LogP contribution in [0.1, 0.15) is 40.0 Å². The zero-order valence-electron chi connectivity index (χ0n) is 9.51. The Balaban J connectivity index is 2.47. The van der Waals surface area contributed by atoms with Gasteiger partial charge >= 0.3 is 0 Å². The van der Waals surface area contributed by atoms with E-state index in [1.165, 1.54) is 19.3 Å². The lowest BCUT2D eigenvalue weighted by molar-refractivity contribution is 0.172. The smallest absolute Gasteiger partial charge is 0.0249 e. The molecule has 13 heavy (non-hydrogen) atoms. The Kier molecular flexibility index (Phi) is 4.20. The van der Waals surface area contributed by atoms with E-state index in [-0.39, 0.29) is 0 Å². The molecule has 0 saturated heterocycles. The number of likely N-dealkylation sites (N-methyl/N-ethyl adjacent to an activating group) is 2. The number of nitrogens with one attached hydrogen (secondary N) is 1. The van der Waals surface area contributed by atoms with Gasteiger partial charge in [-0.05, 0) is 40.3 Å². The Morgan fingerprint density at radius 1 is 1.38 bits per heavy atom. The van der Waals surface area contributed by atoms with E-state index >= 15 is 0 Å². The van der Waals surface area contributed by atoms with E-state index in [2.05, 4.69) is 38.0 Å². The molecule has 0 aromatic heterocycles. The Morgan fingerprint density at radius 3 is 2.62 bits per heavy atom. The van der Waals surface area contributed by atoms with Gasteiger partial charge in [0.2, 0.25) is 0 Å². The molecule has 2 heteroatoms. The van der Waals surface area contributed by atoms with E-state index in [9.17, 15) is 0 Å². The molecular weight excluding hydrogens is 160 g/mol. The van der Waals surface area contributed by atoms with Crippen LogP contribution in [-0.2, 0) is 0 Å². The summed E-state index contributed by atoms with van der Waals surface area (Å²) in [5, 5.41) is 3.59. The second kappa shape index (κ2) is 4.97. The van der Waals surface area contributed by atoms with Crippen LogP contribution in [0.3, 0.4) is 0 Å². The van der Waals surface area contributed by atoms with E-state index < -0.39 is 0 Å². The number of hydrogen-bond donors (Lipinski definition) is 1. The molecule has 0 spiro atoms. The third-order valence-corrected chi connectivity index (χ3v) is 3.28. The molecule has 0 amide bonds. The van der Waals surface area contributed by atoms with Gasteiger partial charge in [-0.25, -0.2) is 0 Å². The fraction of sp³-hybridized carbons (Fsp3) is 1.00. The Hall–Kier alpha value is -0.0800. The molecule has 0 aromatic rings. The lowest BCUT2D eigenvalue weighted by Gasteiger charge is -2.33. The molecule has 1 N–H and O–H groups in total. The minimum Gasteiger partial charge on any atom is -0.313 e. The molecular formula is C11H24N2. The monoisotopic (exact) mass is 184 g/mol. The van der Waals surface area contributed by atoms with Crippen molar-refractivity contribution in [1.82, 2.24) is 10.2 Å². The van der Waals surface area contributed by atoms with Crippen LogP contribution >= 0.6 is 0 Å². The van der Waals surface area contributed by atoms with Gasteiger partial charge in [0.05, 0.1) is 0 Å². The van der Waals surface area contributed by atoms with E-state index in [0.29, 0.717) is 6.04 Å². The fourth-order valence-corrected chi connectivity index (χ4v) is 2.31. The molecule has 2 unspecified atom stereocenters. The minimum atomic E-state index is 0.671. The van der Waals surface area contributed by atoms with Crippen LogP contribution in [0, 0.1) is 0 Å². The third kappa shape index (κ3) is 2.68. The Labute approximate surface area is 82.7 Å². The van der Waals surface area contributed by atoms with E-state index in [4.69, 9.17) is 0 Å². The molecule has 0 aliphatic heterocycles. The second-order valence-corrected chi connectivity index (χ2v) is 4.42. The number of rotatable bonds is 4. The van der Waals surface area contributed by atoms with Crippen molar-refractivity contribution in [3.63, 3.8) is 0 Å². The van der Waals surface area contributed by atoms with Crippen molar-refractivity contribution in [3.05, 3.63) is 0 Å². The van der Waals surface area contributed by atoms with Crippen LogP contribution in [0.4, 0.5) is 0 Å². The first kappa shape index (κ1) is 11.0. The highest BCUT2D eigenvalue weighted by Gasteiger charge is 2.30. The van der Waals surface area contributed by atoms with Crippen molar-refractivity contribution in [2.45, 2.75) is 58.2 Å². The van der Waals surface area contributed by atoms with Crippen molar-refractivity contribution in [2.75, 3.05) is 13.6 Å². The van der Waals surface area contributed by atoms with Crippen LogP contribution < -0.4 is 5.32 Å². The predicted molar refractivity (Wildman–Crippen MR) is 58.0 cm³/mol. The summed E-state index contributed by atoms with van der Waals surface area (Å²) in [6, 6.07) is 2.17. The molecule has 2 nitrogen and oxygen atoms in total. The van der Waals surface area contributed by atoms with E-state index in [1.807, 2.05) is 0 Å². The van der Waals surface area contributed by atoms with Gasteiger partial charge in [0, 0.05) is 18.1 Å². The van der Waals surface area contributed by atoms with Crippen molar-refractivity contribution >= 4 is 0 Å². The summed E-state index contributed by atoms with van der Waals surface area (Å²) in [5.74, 6) is 0. The molecule has 1 aliphatic rings. The van der Waals surface area contributed by atoms with Crippen LogP contribution in [-0.4, -0.2) is 36.6 Å². The first-order valence-corrected chi connectivity index (χ1v) is 5.62. The summed E-state index contributed by atoms with van der Waals surface area (Å²) in [6.07, 6.45) is 4.11. The minimum absolute atomic E-state index is 0.671. The summed E-state index contributed by atoms with van der Waals surface area (Å²) in [6.45, 7) is 7.86. The maximum absolute atomic E-state index is 3.59. The molecule has 0 radical (unpaired) electrons. The normalized spacial score (nSPS) is 29.1. The topological polar surface area (TPSA) is 15.3 Å². The lowest BCUT2D eigenvalue weighted by atomic mass is 10.1. The first-order chi connectivity index (χ1) is 6.16. The fourth-order valence-electron chi connectivity index (χ4n) is 2.31. The largest absolute Gasteiger partial charge is 0.313 e. The van der Waals surface area contributed by atoms with Gasteiger partial charge in [0.25, 0.3) is 0 Å². The SMILES string of the molecule is CCNC1CCCC1N(C)C(C)C. The average Bonchev–Trinajstić information content (AvgIpc) is 2.52. The standard InChI is InChI=1S/C11H24N2/c1-5-12-10-7-6-8-11(10)13(4)9(2)3/h9-12H,5-8H2,1-4H3. The molecule has 1 fully saturated rings. The molecule has 1 aliphatic carbocycles. The van der Waals surface area contributed by atoms with Gasteiger partial charge in [-0.15, -0.1) is 0 Å². The van der Waals surface area contributed by atoms with Crippen LogP contribution in [0.5, 0.6) is 0 Å². The van der Waals surface area contributed by atoms with Crippen molar-refractivity contribution in [2.24, 2.45) is 0 Å². The maximum Gasteiger partial charge on any atom is 0.0249 e. The zero-order chi connectivity index (χ0) is 9.84. The van der Waals surface area contributed by atoms with Gasteiger partial charge in [0.1, 0.15) is 0 Å². The molecule has 0 aromatic carbocycles. The van der Waals surface area contributed by atoms with Crippen molar-refractivity contribution in [1.29, 1.82) is 0 Å². The van der Waals surface area contributed by atoms with E-state index in [1.54, 1.807) is 0 Å². The van der Waals surface area contributed by atoms with Gasteiger partial charge in [-0.2, -0.15) is 0 Å². The average molecular weight is 184 g/mol. The molecule has 1 rings (SSSR count). The van der Waals surface area contributed by atoms with Crippen LogP contribution in [0.2, 0.25) is 0 Å². The summed E-state index contributed by atoms with van der Waals surface area (Å²) < 4.78 is 0. The lowest BCUT2D eigenvalue weighted by Crippen LogP contribution is -2.47. The highest BCUT2D eigenvalue weighted by Crippen LogP contribution is 2.24. The maximum atomic E-state index is 3.59. The molecule has 0 bridgehead atoms. The van der Waals surface area contributed by atoms with Gasteiger partial charge < -0.3 is 5.32 Å². The highest BCUT2D eigenvalue weighted by atomic mass is 15.2. The van der Waals surface area contributed by atoms with Crippen molar-refractivity contribution < 1.29 is 0 Å². The highest BCUT2D eigenvalue weighted by molar-refractivity contribution is 4.89. The predicted octanol–water partition coefficient (Wildman–Crippen LogP) is 1.86. The molecule has 0 heterocycles. The van der Waals surface area contributed by atoms with Crippen LogP contribution in [0.25, 0.3) is 0 Å². The quantitative estimate of drug-likeness (QED) is 0.717. The second-order valence-electron chi connectivity index (χ2n) is 4.42. The molecule has 78 valence electrons. The number of hydrogen-bond acceptors (Lipinski definition) is 2. The summed E-state index contributed by atoms with van der Waals surface area (Å²) in [7, 11) is 2.25. The van der Waals surface area contributed by atoms with E-state index in [0.717, 1.165) is 18.6 Å². The van der Waals surface area contributed by atoms with Crippen LogP contribution in [0.15, 0.2) is 0 Å². The van der Waals surface area contributed by atoms with Gasteiger partial charge in [0.15, 0.2) is 0 Å².